The van der Waals surface area contributed by atoms with Crippen molar-refractivity contribution < 1.29 is 13.2 Å². The average Bonchev–Trinajstić information content (AvgIpc) is 3.13. The number of nitrogens with one attached hydrogen (secondary N) is 2. The minimum Gasteiger partial charge on any atom is -0.356 e. The van der Waals surface area contributed by atoms with Crippen LogP contribution < -0.4 is 15.8 Å². The van der Waals surface area contributed by atoms with Gasteiger partial charge in [0.2, 0.25) is 5.95 Å². The number of fused-ring (bicyclic) bond motifs is 1. The number of rotatable bonds is 3. The van der Waals surface area contributed by atoms with Crippen LogP contribution in [0.5, 0.6) is 0 Å². The second-order valence-corrected chi connectivity index (χ2v) is 8.69. The molecule has 0 amide bonds. The van der Waals surface area contributed by atoms with Gasteiger partial charge in [0.15, 0.2) is 5.65 Å². The van der Waals surface area contributed by atoms with Crippen molar-refractivity contribution in [1.29, 1.82) is 0 Å². The van der Waals surface area contributed by atoms with E-state index in [9.17, 15) is 18.0 Å². The van der Waals surface area contributed by atoms with Gasteiger partial charge in [-0.2, -0.15) is 23.3 Å². The molecule has 1 aliphatic heterocycles. The topological polar surface area (TPSA) is 91.7 Å². The Hall–Kier alpha value is -3.11. The van der Waals surface area contributed by atoms with Crippen LogP contribution in [0.1, 0.15) is 39.2 Å². The van der Waals surface area contributed by atoms with Crippen molar-refractivity contribution in [2.24, 2.45) is 0 Å². The molecule has 0 aliphatic carbocycles. The van der Waals surface area contributed by atoms with Gasteiger partial charge in [0.1, 0.15) is 11.2 Å². The summed E-state index contributed by atoms with van der Waals surface area (Å²) in [6.45, 7) is 7.21. The summed E-state index contributed by atoms with van der Waals surface area (Å²) in [5.41, 5.74) is -0.813. The number of H-pyrrole nitrogens is 1. The molecule has 0 unspecified atom stereocenters. The first kappa shape index (κ1) is 21.1. The number of aromatic amines is 1. The molecule has 166 valence electrons. The van der Waals surface area contributed by atoms with E-state index in [0.29, 0.717) is 35.9 Å². The Balaban J connectivity index is 1.44. The molecule has 31 heavy (non-hydrogen) atoms. The van der Waals surface area contributed by atoms with Crippen molar-refractivity contribution in [1.82, 2.24) is 24.7 Å². The fourth-order valence-electron chi connectivity index (χ4n) is 3.66. The summed E-state index contributed by atoms with van der Waals surface area (Å²) in [7, 11) is 0. The zero-order valence-corrected chi connectivity index (χ0v) is 17.5. The Morgan fingerprint density at radius 2 is 1.84 bits per heavy atom. The molecule has 2 N–H and O–H groups in total. The molecule has 3 aromatic rings. The Kier molecular flexibility index (Phi) is 5.14. The van der Waals surface area contributed by atoms with Gasteiger partial charge >= 0.3 is 6.18 Å². The number of nitrogens with zero attached hydrogens (tertiary/aromatic N) is 5. The Labute approximate surface area is 176 Å². The molecule has 8 nitrogen and oxygen atoms in total. The molecule has 0 bridgehead atoms. The van der Waals surface area contributed by atoms with Crippen molar-refractivity contribution in [2.75, 3.05) is 23.3 Å². The molecule has 0 saturated carbocycles. The highest BCUT2D eigenvalue weighted by Gasteiger charge is 2.31. The minimum atomic E-state index is -4.39. The normalized spacial score (nSPS) is 16.1. The molecular weight excluding hydrogens is 411 g/mol. The number of piperidine rings is 1. The van der Waals surface area contributed by atoms with Gasteiger partial charge in [0.25, 0.3) is 5.56 Å². The molecule has 1 saturated heterocycles. The first-order valence-electron chi connectivity index (χ1n) is 10.1. The Morgan fingerprint density at radius 3 is 2.42 bits per heavy atom. The molecule has 0 aromatic carbocycles. The van der Waals surface area contributed by atoms with E-state index in [0.717, 1.165) is 25.1 Å². The van der Waals surface area contributed by atoms with Crippen LogP contribution in [0, 0.1) is 0 Å². The molecular formula is C20H24F3N7O. The van der Waals surface area contributed by atoms with Gasteiger partial charge < -0.3 is 10.2 Å². The van der Waals surface area contributed by atoms with Crippen molar-refractivity contribution in [3.63, 3.8) is 0 Å². The lowest BCUT2D eigenvalue weighted by Crippen LogP contribution is -2.40. The summed E-state index contributed by atoms with van der Waals surface area (Å²) < 4.78 is 39.9. The molecule has 1 aliphatic rings. The summed E-state index contributed by atoms with van der Waals surface area (Å²) in [5, 5.41) is 8.02. The maximum Gasteiger partial charge on any atom is 0.417 e. The second-order valence-electron chi connectivity index (χ2n) is 8.69. The van der Waals surface area contributed by atoms with E-state index >= 15 is 0 Å². The minimum absolute atomic E-state index is 0.0670. The molecule has 3 aromatic heterocycles. The van der Waals surface area contributed by atoms with Crippen LogP contribution in [0.4, 0.5) is 24.9 Å². The highest BCUT2D eigenvalue weighted by molar-refractivity contribution is 5.74. The van der Waals surface area contributed by atoms with Crippen LogP contribution >= 0.6 is 0 Å². The van der Waals surface area contributed by atoms with Crippen molar-refractivity contribution in [3.8, 4) is 0 Å². The standard InChI is InChI=1S/C20H24F3N7O/c1-19(2,3)30-16-14(11-25-30)17(31)28-18(27-16)26-13-6-8-29(9-7-13)15-5-4-12(10-24-15)20(21,22)23/h4-5,10-11,13H,6-9H2,1-3H3,(H2,26,27,28,31). The average molecular weight is 435 g/mol. The third-order valence-electron chi connectivity index (χ3n) is 5.31. The highest BCUT2D eigenvalue weighted by atomic mass is 19.4. The lowest BCUT2D eigenvalue weighted by Gasteiger charge is -2.33. The van der Waals surface area contributed by atoms with Gasteiger partial charge in [0, 0.05) is 25.3 Å². The maximum atomic E-state index is 12.7. The van der Waals surface area contributed by atoms with Crippen molar-refractivity contribution in [3.05, 3.63) is 40.4 Å². The van der Waals surface area contributed by atoms with E-state index in [1.54, 1.807) is 4.68 Å². The van der Waals surface area contributed by atoms with Crippen LogP contribution in [-0.2, 0) is 11.7 Å². The van der Waals surface area contributed by atoms with Gasteiger partial charge in [-0.05, 0) is 45.7 Å². The van der Waals surface area contributed by atoms with Crippen LogP contribution in [0.3, 0.4) is 0 Å². The fourth-order valence-corrected chi connectivity index (χ4v) is 3.66. The van der Waals surface area contributed by atoms with Gasteiger partial charge in [0.05, 0.1) is 17.3 Å². The first-order chi connectivity index (χ1) is 14.5. The van der Waals surface area contributed by atoms with Gasteiger partial charge in [-0.15, -0.1) is 0 Å². The predicted octanol–water partition coefficient (Wildman–Crippen LogP) is 3.37. The lowest BCUT2D eigenvalue weighted by atomic mass is 10.1. The molecule has 0 atom stereocenters. The fraction of sp³-hybridized carbons (Fsp3) is 0.500. The maximum absolute atomic E-state index is 12.7. The molecule has 1 fully saturated rings. The van der Waals surface area contributed by atoms with E-state index in [-0.39, 0.29) is 17.1 Å². The quantitative estimate of drug-likeness (QED) is 0.656. The predicted molar refractivity (Wildman–Crippen MR) is 111 cm³/mol. The Bertz CT molecular complexity index is 1120. The van der Waals surface area contributed by atoms with Crippen LogP contribution in [0.2, 0.25) is 0 Å². The smallest absolute Gasteiger partial charge is 0.356 e. The molecule has 0 radical (unpaired) electrons. The zero-order valence-electron chi connectivity index (χ0n) is 17.5. The van der Waals surface area contributed by atoms with E-state index < -0.39 is 11.7 Å². The SMILES string of the molecule is CC(C)(C)n1ncc2c(=O)[nH]c(NC3CCN(c4ccc(C(F)(F)F)cn4)CC3)nc21. The number of alkyl halides is 3. The van der Waals surface area contributed by atoms with Crippen molar-refractivity contribution in [2.45, 2.75) is 51.4 Å². The largest absolute Gasteiger partial charge is 0.417 e. The summed E-state index contributed by atoms with van der Waals surface area (Å²) in [5.74, 6) is 0.906. The van der Waals surface area contributed by atoms with Gasteiger partial charge in [-0.25, -0.2) is 9.67 Å². The number of halogens is 3. The van der Waals surface area contributed by atoms with Gasteiger partial charge in [-0.3, -0.25) is 9.78 Å². The first-order valence-corrected chi connectivity index (χ1v) is 10.1. The molecule has 4 rings (SSSR count). The number of anilines is 2. The van der Waals surface area contributed by atoms with Gasteiger partial charge in [-0.1, -0.05) is 0 Å². The summed E-state index contributed by atoms with van der Waals surface area (Å²) in [6, 6.07) is 2.52. The summed E-state index contributed by atoms with van der Waals surface area (Å²) in [4.78, 5) is 25.7. The summed E-state index contributed by atoms with van der Waals surface area (Å²) >= 11 is 0. The van der Waals surface area contributed by atoms with Crippen LogP contribution in [0.15, 0.2) is 29.3 Å². The number of pyridine rings is 1. The highest BCUT2D eigenvalue weighted by Crippen LogP contribution is 2.30. The zero-order chi connectivity index (χ0) is 22.4. The van der Waals surface area contributed by atoms with E-state index in [2.05, 4.69) is 25.4 Å². The molecule has 4 heterocycles. The molecule has 0 spiro atoms. The monoisotopic (exact) mass is 435 g/mol. The van der Waals surface area contributed by atoms with Crippen LogP contribution in [0.25, 0.3) is 11.0 Å². The number of hydrogen-bond donors (Lipinski definition) is 2. The van der Waals surface area contributed by atoms with E-state index in [1.807, 2.05) is 25.7 Å². The molecule has 11 heteroatoms. The third kappa shape index (κ3) is 4.35. The van der Waals surface area contributed by atoms with E-state index in [4.69, 9.17) is 0 Å². The second kappa shape index (κ2) is 7.54. The third-order valence-corrected chi connectivity index (χ3v) is 5.31. The lowest BCUT2D eigenvalue weighted by molar-refractivity contribution is -0.137. The number of aromatic nitrogens is 5. The summed E-state index contributed by atoms with van der Waals surface area (Å²) in [6.07, 6.45) is -0.560. The Morgan fingerprint density at radius 1 is 1.13 bits per heavy atom. The number of hydrogen-bond acceptors (Lipinski definition) is 6. The van der Waals surface area contributed by atoms with E-state index in [1.165, 1.54) is 12.3 Å². The van der Waals surface area contributed by atoms with Crippen LogP contribution in [-0.4, -0.2) is 43.9 Å². The van der Waals surface area contributed by atoms with Crippen molar-refractivity contribution >= 4 is 22.8 Å².